The molecule has 1 aromatic carbocycles. The molecule has 6 nitrogen and oxygen atoms in total. The Bertz CT molecular complexity index is 609. The molecule has 0 fully saturated rings. The monoisotopic (exact) mass is 364 g/mol. The van der Waals surface area contributed by atoms with Crippen molar-refractivity contribution < 1.29 is 17.9 Å². The number of benzene rings is 1. The van der Waals surface area contributed by atoms with Gasteiger partial charge in [-0.15, -0.1) is 12.4 Å². The number of hydrogen-bond acceptors (Lipinski definition) is 5. The number of hydrogen-bond donors (Lipinski definition) is 1. The Hall–Kier alpha value is -1.31. The lowest BCUT2D eigenvalue weighted by Gasteiger charge is -2.25. The van der Waals surface area contributed by atoms with Gasteiger partial charge in [0.2, 0.25) is 5.91 Å². The van der Waals surface area contributed by atoms with Crippen LogP contribution in [0.25, 0.3) is 0 Å². The molecule has 0 atom stereocenters. The average Bonchev–Trinajstić information content (AvgIpc) is 2.41. The van der Waals surface area contributed by atoms with Gasteiger partial charge >= 0.3 is 0 Å². The number of ether oxygens (including phenoxy) is 1. The molecule has 1 aromatic rings. The highest BCUT2D eigenvalue weighted by molar-refractivity contribution is 7.90. The van der Waals surface area contributed by atoms with Crippen LogP contribution < -0.4 is 10.5 Å². The van der Waals surface area contributed by atoms with Gasteiger partial charge in [-0.3, -0.25) is 4.79 Å². The predicted molar refractivity (Wildman–Crippen MR) is 92.8 cm³/mol. The minimum absolute atomic E-state index is 0. The summed E-state index contributed by atoms with van der Waals surface area (Å²) in [6, 6.07) is 6.26. The van der Waals surface area contributed by atoms with Gasteiger partial charge < -0.3 is 15.4 Å². The van der Waals surface area contributed by atoms with Crippen LogP contribution >= 0.6 is 12.4 Å². The zero-order valence-electron chi connectivity index (χ0n) is 13.9. The number of sulfone groups is 1. The van der Waals surface area contributed by atoms with Crippen molar-refractivity contribution in [2.75, 3.05) is 26.5 Å². The molecule has 0 aliphatic carbocycles. The summed E-state index contributed by atoms with van der Waals surface area (Å²) in [6.45, 7) is 4.32. The van der Waals surface area contributed by atoms with Crippen LogP contribution in [0.3, 0.4) is 0 Å². The van der Waals surface area contributed by atoms with Gasteiger partial charge in [0.15, 0.2) is 9.84 Å². The molecule has 0 bridgehead atoms. The number of carbonyl (C=O) groups excluding carboxylic acids is 1. The van der Waals surface area contributed by atoms with E-state index in [1.54, 1.807) is 37.9 Å². The first-order valence-electron chi connectivity index (χ1n) is 6.99. The maximum Gasteiger partial charge on any atom is 0.241 e. The fraction of sp³-hybridized carbons (Fsp3) is 0.533. The van der Waals surface area contributed by atoms with Crippen LogP contribution in [0.15, 0.2) is 29.2 Å². The van der Waals surface area contributed by atoms with E-state index in [4.69, 9.17) is 10.5 Å². The Kier molecular flexibility index (Phi) is 8.03. The van der Waals surface area contributed by atoms with Gasteiger partial charge in [-0.2, -0.15) is 0 Å². The summed E-state index contributed by atoms with van der Waals surface area (Å²) in [4.78, 5) is 13.7. The number of likely N-dealkylation sites (N-methyl/N-ethyl adjacent to an activating group) is 1. The molecular formula is C15H25ClN2O4S. The van der Waals surface area contributed by atoms with Gasteiger partial charge in [-0.25, -0.2) is 8.42 Å². The first-order valence-corrected chi connectivity index (χ1v) is 8.88. The Morgan fingerprint density at radius 3 is 2.22 bits per heavy atom. The number of rotatable bonds is 7. The molecule has 2 N–H and O–H groups in total. The number of halogens is 1. The second-order valence-corrected chi connectivity index (χ2v) is 7.91. The van der Waals surface area contributed by atoms with Crippen LogP contribution in [0.4, 0.5) is 0 Å². The van der Waals surface area contributed by atoms with Crippen molar-refractivity contribution in [2.45, 2.75) is 30.7 Å². The minimum atomic E-state index is -3.19. The highest BCUT2D eigenvalue weighted by Gasteiger charge is 2.25. The maximum absolute atomic E-state index is 11.9. The molecule has 0 aliphatic heterocycles. The molecule has 0 radical (unpaired) electrons. The van der Waals surface area contributed by atoms with Crippen LogP contribution in [0.2, 0.25) is 0 Å². The van der Waals surface area contributed by atoms with Crippen molar-refractivity contribution >= 4 is 28.2 Å². The lowest BCUT2D eigenvalue weighted by molar-refractivity contribution is -0.134. The van der Waals surface area contributed by atoms with Crippen LogP contribution in [0.5, 0.6) is 5.75 Å². The third-order valence-electron chi connectivity index (χ3n) is 3.06. The van der Waals surface area contributed by atoms with Gasteiger partial charge in [0.05, 0.1) is 17.0 Å². The molecule has 0 heterocycles. The van der Waals surface area contributed by atoms with Gasteiger partial charge in [-0.05, 0) is 44.5 Å². The maximum atomic E-state index is 11.9. The predicted octanol–water partition coefficient (Wildman–Crippen LogP) is 1.48. The molecule has 0 unspecified atom stereocenters. The molecule has 0 aliphatic rings. The van der Waals surface area contributed by atoms with E-state index in [9.17, 15) is 13.2 Å². The highest BCUT2D eigenvalue weighted by atomic mass is 35.5. The van der Waals surface area contributed by atoms with Gasteiger partial charge in [0.25, 0.3) is 0 Å². The average molecular weight is 365 g/mol. The number of carbonyl (C=O) groups is 1. The molecule has 0 aromatic heterocycles. The largest absolute Gasteiger partial charge is 0.494 e. The first-order chi connectivity index (χ1) is 10.0. The summed E-state index contributed by atoms with van der Waals surface area (Å²) >= 11 is 0. The SMILES string of the molecule is CN(CCCOc1ccc(S(C)(=O)=O)cc1)C(=O)C(C)(C)N.Cl. The van der Waals surface area contributed by atoms with E-state index in [0.717, 1.165) is 6.26 Å². The summed E-state index contributed by atoms with van der Waals surface area (Å²) in [5, 5.41) is 0. The van der Waals surface area contributed by atoms with Crippen LogP contribution in [0.1, 0.15) is 20.3 Å². The van der Waals surface area contributed by atoms with Crippen molar-refractivity contribution in [3.8, 4) is 5.75 Å². The minimum Gasteiger partial charge on any atom is -0.494 e. The van der Waals surface area contributed by atoms with Crippen LogP contribution in [0, 0.1) is 0 Å². The normalized spacial score (nSPS) is 11.5. The second-order valence-electron chi connectivity index (χ2n) is 5.89. The summed E-state index contributed by atoms with van der Waals surface area (Å²) in [5.74, 6) is 0.477. The zero-order chi connectivity index (χ0) is 17.0. The van der Waals surface area contributed by atoms with Crippen molar-refractivity contribution in [2.24, 2.45) is 5.73 Å². The molecule has 0 saturated heterocycles. The fourth-order valence-electron chi connectivity index (χ4n) is 1.87. The first kappa shape index (κ1) is 21.7. The summed E-state index contributed by atoms with van der Waals surface area (Å²) in [6.07, 6.45) is 1.82. The number of amides is 1. The van der Waals surface area contributed by atoms with E-state index in [0.29, 0.717) is 25.3 Å². The van der Waals surface area contributed by atoms with Gasteiger partial charge in [0.1, 0.15) is 5.75 Å². The summed E-state index contributed by atoms with van der Waals surface area (Å²) in [5.41, 5.74) is 4.87. The standard InChI is InChI=1S/C15H24N2O4S.ClH/c1-15(2,16)14(18)17(3)10-5-11-21-12-6-8-13(9-7-12)22(4,19)20;/h6-9H,5,10-11,16H2,1-4H3;1H. The summed E-state index contributed by atoms with van der Waals surface area (Å²) < 4.78 is 28.2. The topological polar surface area (TPSA) is 89.7 Å². The Balaban J connectivity index is 0.00000484. The summed E-state index contributed by atoms with van der Waals surface area (Å²) in [7, 11) is -1.48. The fourth-order valence-corrected chi connectivity index (χ4v) is 2.50. The molecule has 8 heteroatoms. The molecule has 0 saturated carbocycles. The van der Waals surface area contributed by atoms with Gasteiger partial charge in [0, 0.05) is 19.8 Å². The second kappa shape index (κ2) is 8.52. The van der Waals surface area contributed by atoms with E-state index in [-0.39, 0.29) is 23.2 Å². The molecule has 23 heavy (non-hydrogen) atoms. The molecule has 1 amide bonds. The van der Waals surface area contributed by atoms with Crippen molar-refractivity contribution in [1.82, 2.24) is 4.90 Å². The molecule has 0 spiro atoms. The van der Waals surface area contributed by atoms with Crippen molar-refractivity contribution in [1.29, 1.82) is 0 Å². The van der Waals surface area contributed by atoms with Crippen LogP contribution in [-0.2, 0) is 14.6 Å². The van der Waals surface area contributed by atoms with E-state index in [1.807, 2.05) is 0 Å². The lowest BCUT2D eigenvalue weighted by atomic mass is 10.1. The quantitative estimate of drug-likeness (QED) is 0.740. The zero-order valence-corrected chi connectivity index (χ0v) is 15.5. The van der Waals surface area contributed by atoms with E-state index < -0.39 is 15.4 Å². The van der Waals surface area contributed by atoms with Crippen molar-refractivity contribution in [3.63, 3.8) is 0 Å². The third-order valence-corrected chi connectivity index (χ3v) is 4.18. The Morgan fingerprint density at radius 1 is 1.26 bits per heavy atom. The highest BCUT2D eigenvalue weighted by Crippen LogP contribution is 2.16. The molecule has 132 valence electrons. The molecule has 1 rings (SSSR count). The third kappa shape index (κ3) is 7.20. The smallest absolute Gasteiger partial charge is 0.241 e. The Morgan fingerprint density at radius 2 is 1.78 bits per heavy atom. The molecular weight excluding hydrogens is 340 g/mol. The van der Waals surface area contributed by atoms with E-state index in [2.05, 4.69) is 0 Å². The number of nitrogens with zero attached hydrogens (tertiary/aromatic N) is 1. The Labute approximate surface area is 144 Å². The van der Waals surface area contributed by atoms with Gasteiger partial charge in [-0.1, -0.05) is 0 Å². The van der Waals surface area contributed by atoms with E-state index in [1.165, 1.54) is 12.1 Å². The van der Waals surface area contributed by atoms with Crippen LogP contribution in [-0.4, -0.2) is 51.2 Å². The van der Waals surface area contributed by atoms with E-state index >= 15 is 0 Å². The lowest BCUT2D eigenvalue weighted by Crippen LogP contribution is -2.50. The van der Waals surface area contributed by atoms with Crippen molar-refractivity contribution in [3.05, 3.63) is 24.3 Å². The number of nitrogens with two attached hydrogens (primary N) is 1.